The summed E-state index contributed by atoms with van der Waals surface area (Å²) >= 11 is 0. The van der Waals surface area contributed by atoms with Crippen LogP contribution in [0.5, 0.6) is 0 Å². The number of benzene rings is 1. The van der Waals surface area contributed by atoms with Crippen molar-refractivity contribution in [2.24, 2.45) is 0 Å². The highest BCUT2D eigenvalue weighted by Gasteiger charge is 2.16. The number of hydrogen-bond acceptors (Lipinski definition) is 3. The van der Waals surface area contributed by atoms with Crippen molar-refractivity contribution >= 4 is 28.5 Å². The lowest BCUT2D eigenvalue weighted by atomic mass is 10.1. The SMILES string of the molecule is Br.Cc1cccc[n+]1CC(=O)c1cccc([N+](=O)[O-])c1.O. The Morgan fingerprint density at radius 2 is 1.95 bits per heavy atom. The molecule has 112 valence electrons. The number of nitro groups is 1. The van der Waals surface area contributed by atoms with E-state index < -0.39 is 4.92 Å². The summed E-state index contributed by atoms with van der Waals surface area (Å²) in [6.07, 6.45) is 1.81. The van der Waals surface area contributed by atoms with Gasteiger partial charge in [-0.15, -0.1) is 17.0 Å². The fourth-order valence-corrected chi connectivity index (χ4v) is 1.78. The summed E-state index contributed by atoms with van der Waals surface area (Å²) in [5.41, 5.74) is 1.24. The third-order valence-corrected chi connectivity index (χ3v) is 2.86. The lowest BCUT2D eigenvalue weighted by Gasteiger charge is -2.00. The smallest absolute Gasteiger partial charge is 0.270 e. The molecule has 0 aliphatic carbocycles. The largest absolute Gasteiger partial charge is 0.412 e. The fourth-order valence-electron chi connectivity index (χ4n) is 1.78. The van der Waals surface area contributed by atoms with Crippen molar-refractivity contribution in [3.8, 4) is 0 Å². The molecule has 6 nitrogen and oxygen atoms in total. The molecular weight excluding hydrogens is 340 g/mol. The van der Waals surface area contributed by atoms with Crippen LogP contribution in [-0.4, -0.2) is 16.2 Å². The molecule has 7 heteroatoms. The summed E-state index contributed by atoms with van der Waals surface area (Å²) in [6.45, 7) is 2.08. The number of aryl methyl sites for hydroxylation is 1. The summed E-state index contributed by atoms with van der Waals surface area (Å²) in [5, 5.41) is 10.7. The van der Waals surface area contributed by atoms with Gasteiger partial charge >= 0.3 is 0 Å². The van der Waals surface area contributed by atoms with Gasteiger partial charge in [0.2, 0.25) is 12.3 Å². The summed E-state index contributed by atoms with van der Waals surface area (Å²) in [5.74, 6) is -0.150. The molecule has 0 amide bonds. The van der Waals surface area contributed by atoms with Gasteiger partial charge in [0.05, 0.1) is 4.92 Å². The number of hydrogen-bond donors (Lipinski definition) is 0. The van der Waals surface area contributed by atoms with E-state index in [0.717, 1.165) is 5.69 Å². The van der Waals surface area contributed by atoms with Gasteiger partial charge in [0.25, 0.3) is 5.69 Å². The van der Waals surface area contributed by atoms with Gasteiger partial charge < -0.3 is 5.48 Å². The number of Topliss-reactive ketones (excluding diaryl/α,β-unsaturated/α-hetero) is 1. The van der Waals surface area contributed by atoms with Crippen molar-refractivity contribution in [3.63, 3.8) is 0 Å². The highest BCUT2D eigenvalue weighted by atomic mass is 79.9. The maximum absolute atomic E-state index is 12.1. The molecule has 1 aromatic heterocycles. The number of pyridine rings is 1. The summed E-state index contributed by atoms with van der Waals surface area (Å²) < 4.78 is 1.81. The molecule has 0 bridgehead atoms. The molecule has 2 aromatic rings. The van der Waals surface area contributed by atoms with Gasteiger partial charge in [-0.05, 0) is 0 Å². The van der Waals surface area contributed by atoms with E-state index in [2.05, 4.69) is 0 Å². The van der Waals surface area contributed by atoms with E-state index in [0.29, 0.717) is 5.56 Å². The number of nitro benzene ring substituents is 1. The Hall–Kier alpha value is -2.12. The maximum Gasteiger partial charge on any atom is 0.270 e. The van der Waals surface area contributed by atoms with E-state index in [1.807, 2.05) is 31.3 Å². The Morgan fingerprint density at radius 1 is 1.24 bits per heavy atom. The molecule has 0 fully saturated rings. The Balaban J connectivity index is 0.00000200. The van der Waals surface area contributed by atoms with Gasteiger partial charge in [0.1, 0.15) is 0 Å². The molecule has 0 radical (unpaired) electrons. The average molecular weight is 356 g/mol. The van der Waals surface area contributed by atoms with Crippen LogP contribution in [0.2, 0.25) is 0 Å². The van der Waals surface area contributed by atoms with Crippen LogP contribution in [-0.2, 0) is 6.54 Å². The van der Waals surface area contributed by atoms with Crippen LogP contribution in [0, 0.1) is 17.0 Å². The zero-order valence-electron chi connectivity index (χ0n) is 11.4. The van der Waals surface area contributed by atoms with E-state index in [1.165, 1.54) is 18.2 Å². The van der Waals surface area contributed by atoms with Gasteiger partial charge in [-0.1, -0.05) is 18.2 Å². The third-order valence-electron chi connectivity index (χ3n) is 2.86. The Bertz CT molecular complexity index is 646. The fraction of sp³-hybridized carbons (Fsp3) is 0.143. The lowest BCUT2D eigenvalue weighted by molar-refractivity contribution is -0.689. The predicted molar refractivity (Wildman–Crippen MR) is 82.7 cm³/mol. The first-order chi connectivity index (χ1) is 9.08. The first-order valence-electron chi connectivity index (χ1n) is 5.80. The summed E-state index contributed by atoms with van der Waals surface area (Å²) in [6, 6.07) is 11.4. The van der Waals surface area contributed by atoms with Gasteiger partial charge in [0.15, 0.2) is 11.9 Å². The number of ketones is 1. The molecule has 1 heterocycles. The standard InChI is InChI=1S/C14H13N2O3.BrH.H2O/c1-11-5-2-3-8-15(11)10-14(17)12-6-4-7-13(9-12)16(18)19;;/h2-9H,10H2,1H3;1H;1H2/q+1;;. The van der Waals surface area contributed by atoms with Gasteiger partial charge in [-0.3, -0.25) is 14.9 Å². The molecular formula is C14H16BrN2O4+. The molecule has 0 unspecified atom stereocenters. The average Bonchev–Trinajstić information content (AvgIpc) is 2.41. The van der Waals surface area contributed by atoms with Crippen molar-refractivity contribution in [2.45, 2.75) is 13.5 Å². The first-order valence-corrected chi connectivity index (χ1v) is 5.80. The number of halogens is 1. The zero-order valence-corrected chi connectivity index (χ0v) is 13.1. The van der Waals surface area contributed by atoms with Crippen LogP contribution in [0.4, 0.5) is 5.69 Å². The van der Waals surface area contributed by atoms with Gasteiger partial charge in [-0.25, -0.2) is 0 Å². The molecule has 2 N–H and O–H groups in total. The molecule has 21 heavy (non-hydrogen) atoms. The number of rotatable bonds is 4. The quantitative estimate of drug-likeness (QED) is 0.362. The minimum Gasteiger partial charge on any atom is -0.412 e. The van der Waals surface area contributed by atoms with Crippen LogP contribution in [0.25, 0.3) is 0 Å². The Labute approximate surface area is 132 Å². The van der Waals surface area contributed by atoms with Gasteiger partial charge in [0, 0.05) is 36.8 Å². The predicted octanol–water partition coefficient (Wildman–Crippen LogP) is 1.83. The van der Waals surface area contributed by atoms with Crippen molar-refractivity contribution < 1.29 is 19.8 Å². The Morgan fingerprint density at radius 3 is 2.57 bits per heavy atom. The van der Waals surface area contributed by atoms with Gasteiger partial charge in [-0.2, -0.15) is 4.57 Å². The number of carbonyl (C=O) groups excluding carboxylic acids is 1. The van der Waals surface area contributed by atoms with Crippen LogP contribution in [0.15, 0.2) is 48.7 Å². The van der Waals surface area contributed by atoms with Crippen LogP contribution >= 0.6 is 17.0 Å². The zero-order chi connectivity index (χ0) is 13.8. The molecule has 0 saturated carbocycles. The Kier molecular flexibility index (Phi) is 7.40. The van der Waals surface area contributed by atoms with Crippen molar-refractivity contribution in [2.75, 3.05) is 0 Å². The van der Waals surface area contributed by atoms with E-state index in [-0.39, 0.29) is 40.5 Å². The topological polar surface area (TPSA) is 95.6 Å². The minimum absolute atomic E-state index is 0. The summed E-state index contributed by atoms with van der Waals surface area (Å²) in [4.78, 5) is 22.3. The molecule has 2 rings (SSSR count). The first kappa shape index (κ1) is 18.9. The molecule has 1 aromatic carbocycles. The second-order valence-electron chi connectivity index (χ2n) is 4.20. The second kappa shape index (κ2) is 8.23. The molecule has 0 saturated heterocycles. The van der Waals surface area contributed by atoms with Crippen LogP contribution in [0.1, 0.15) is 16.1 Å². The van der Waals surface area contributed by atoms with E-state index >= 15 is 0 Å². The van der Waals surface area contributed by atoms with Crippen molar-refractivity contribution in [1.82, 2.24) is 0 Å². The third kappa shape index (κ3) is 4.73. The molecule has 0 atom stereocenters. The summed E-state index contributed by atoms with van der Waals surface area (Å²) in [7, 11) is 0. The van der Waals surface area contributed by atoms with E-state index in [9.17, 15) is 14.9 Å². The number of carbonyl (C=O) groups is 1. The van der Waals surface area contributed by atoms with E-state index in [4.69, 9.17) is 0 Å². The minimum atomic E-state index is -0.502. The number of aromatic nitrogens is 1. The number of nitrogens with zero attached hydrogens (tertiary/aromatic N) is 2. The van der Waals surface area contributed by atoms with Crippen molar-refractivity contribution in [3.05, 3.63) is 70.0 Å². The normalized spacial score (nSPS) is 9.19. The highest BCUT2D eigenvalue weighted by Crippen LogP contribution is 2.13. The van der Waals surface area contributed by atoms with Crippen LogP contribution < -0.4 is 4.57 Å². The highest BCUT2D eigenvalue weighted by molar-refractivity contribution is 8.93. The molecule has 0 spiro atoms. The second-order valence-corrected chi connectivity index (χ2v) is 4.20. The monoisotopic (exact) mass is 355 g/mol. The van der Waals surface area contributed by atoms with E-state index in [1.54, 1.807) is 10.6 Å². The van der Waals surface area contributed by atoms with Crippen LogP contribution in [0.3, 0.4) is 0 Å². The van der Waals surface area contributed by atoms with Crippen molar-refractivity contribution in [1.29, 1.82) is 0 Å². The molecule has 0 aliphatic heterocycles. The molecule has 0 aliphatic rings. The lowest BCUT2D eigenvalue weighted by Crippen LogP contribution is -2.40. The maximum atomic E-state index is 12.1. The number of non-ortho nitro benzene ring substituents is 1.